The molecule has 132 valence electrons. The van der Waals surface area contributed by atoms with Crippen molar-refractivity contribution in [1.29, 1.82) is 0 Å². The second-order valence-corrected chi connectivity index (χ2v) is 6.62. The largest absolute Gasteiger partial charge is 0.468 e. The maximum absolute atomic E-state index is 12.3. The number of amides is 1. The molecule has 0 radical (unpaired) electrons. The fourth-order valence-electron chi connectivity index (χ4n) is 3.94. The molecular weight excluding hydrogens is 324 g/mol. The molecule has 0 unspecified atom stereocenters. The van der Waals surface area contributed by atoms with Gasteiger partial charge in [-0.1, -0.05) is 0 Å². The highest BCUT2D eigenvalue weighted by Crippen LogP contribution is 2.46. The number of carbonyl (C=O) groups excluding carboxylic acids is 2. The maximum Gasteiger partial charge on any atom is 0.325 e. The van der Waals surface area contributed by atoms with E-state index >= 15 is 0 Å². The Morgan fingerprint density at radius 2 is 2.32 bits per heavy atom. The number of piperidine rings is 1. The summed E-state index contributed by atoms with van der Waals surface area (Å²) in [6.45, 7) is 1.61. The quantitative estimate of drug-likeness (QED) is 0.757. The topological polar surface area (TPSA) is 113 Å². The SMILES string of the molecule is COC(=O)CNC(=O)[C@@H]1C[C@H]2CCN(c3ncnc4[nH]ncc34)C[C@H]21. The summed E-state index contributed by atoms with van der Waals surface area (Å²) in [7, 11) is 1.31. The van der Waals surface area contributed by atoms with Crippen molar-refractivity contribution in [2.24, 2.45) is 17.8 Å². The molecule has 1 amide bonds. The van der Waals surface area contributed by atoms with Crippen molar-refractivity contribution in [3.8, 4) is 0 Å². The number of methoxy groups -OCH3 is 1. The Labute approximate surface area is 144 Å². The minimum atomic E-state index is -0.433. The highest BCUT2D eigenvalue weighted by atomic mass is 16.5. The number of aromatic amines is 1. The van der Waals surface area contributed by atoms with E-state index in [9.17, 15) is 9.59 Å². The van der Waals surface area contributed by atoms with Gasteiger partial charge in [0.2, 0.25) is 5.91 Å². The Balaban J connectivity index is 1.45. The Morgan fingerprint density at radius 1 is 1.44 bits per heavy atom. The molecular formula is C16H20N6O3. The second-order valence-electron chi connectivity index (χ2n) is 6.62. The molecule has 1 aliphatic carbocycles. The number of esters is 1. The average Bonchev–Trinajstić information content (AvgIpc) is 3.09. The van der Waals surface area contributed by atoms with Gasteiger partial charge in [0.15, 0.2) is 5.65 Å². The Kier molecular flexibility index (Phi) is 3.98. The minimum absolute atomic E-state index is 0.0564. The van der Waals surface area contributed by atoms with E-state index in [0.717, 1.165) is 37.1 Å². The summed E-state index contributed by atoms with van der Waals surface area (Å²) in [6, 6.07) is 0. The summed E-state index contributed by atoms with van der Waals surface area (Å²) in [5, 5.41) is 10.5. The standard InChI is InChI=1S/C16H20N6O3/c1-25-13(23)6-17-16(24)10-4-9-2-3-22(7-12(9)10)15-11-5-20-21-14(11)18-8-19-15/h5,8-10,12H,2-4,6-7H2,1H3,(H,17,24)(H,18,19,20,21)/t9-,10-,12-/m1/s1. The van der Waals surface area contributed by atoms with E-state index in [0.29, 0.717) is 11.6 Å². The molecule has 1 saturated carbocycles. The third kappa shape index (κ3) is 2.79. The monoisotopic (exact) mass is 344 g/mol. The van der Waals surface area contributed by atoms with Gasteiger partial charge in [-0.15, -0.1) is 0 Å². The van der Waals surface area contributed by atoms with Crippen LogP contribution in [0.15, 0.2) is 12.5 Å². The number of anilines is 1. The summed E-state index contributed by atoms with van der Waals surface area (Å²) in [5.41, 5.74) is 0.716. The molecule has 1 saturated heterocycles. The van der Waals surface area contributed by atoms with Crippen molar-refractivity contribution in [2.45, 2.75) is 12.8 Å². The van der Waals surface area contributed by atoms with Crippen molar-refractivity contribution in [2.75, 3.05) is 31.6 Å². The van der Waals surface area contributed by atoms with Crippen LogP contribution in [-0.4, -0.2) is 58.8 Å². The fourth-order valence-corrected chi connectivity index (χ4v) is 3.94. The van der Waals surface area contributed by atoms with Gasteiger partial charge in [-0.05, 0) is 24.7 Å². The lowest BCUT2D eigenvalue weighted by Gasteiger charge is -2.50. The van der Waals surface area contributed by atoms with Gasteiger partial charge < -0.3 is 15.0 Å². The number of carbonyl (C=O) groups is 2. The van der Waals surface area contributed by atoms with Crippen LogP contribution in [0.2, 0.25) is 0 Å². The molecule has 2 fully saturated rings. The normalized spacial score (nSPS) is 25.2. The van der Waals surface area contributed by atoms with E-state index in [-0.39, 0.29) is 24.3 Å². The minimum Gasteiger partial charge on any atom is -0.468 e. The van der Waals surface area contributed by atoms with Gasteiger partial charge in [0.05, 0.1) is 18.7 Å². The van der Waals surface area contributed by atoms with Gasteiger partial charge in [0.1, 0.15) is 18.7 Å². The highest BCUT2D eigenvalue weighted by Gasteiger charge is 2.47. The molecule has 9 nitrogen and oxygen atoms in total. The predicted octanol–water partition coefficient (Wildman–Crippen LogP) is 0.105. The van der Waals surface area contributed by atoms with Gasteiger partial charge in [-0.3, -0.25) is 14.7 Å². The molecule has 25 heavy (non-hydrogen) atoms. The van der Waals surface area contributed by atoms with Crippen molar-refractivity contribution in [1.82, 2.24) is 25.5 Å². The summed E-state index contributed by atoms with van der Waals surface area (Å²) in [6.07, 6.45) is 5.19. The zero-order chi connectivity index (χ0) is 17.4. The van der Waals surface area contributed by atoms with Crippen LogP contribution in [0.5, 0.6) is 0 Å². The number of hydrogen-bond acceptors (Lipinski definition) is 7. The van der Waals surface area contributed by atoms with Crippen LogP contribution in [-0.2, 0) is 14.3 Å². The smallest absolute Gasteiger partial charge is 0.325 e. The predicted molar refractivity (Wildman–Crippen MR) is 88.6 cm³/mol. The first-order chi connectivity index (χ1) is 12.2. The molecule has 0 spiro atoms. The first-order valence-electron chi connectivity index (χ1n) is 8.41. The molecule has 1 aliphatic heterocycles. The molecule has 2 aromatic rings. The van der Waals surface area contributed by atoms with Gasteiger partial charge in [-0.2, -0.15) is 5.10 Å². The van der Waals surface area contributed by atoms with Crippen LogP contribution in [0.1, 0.15) is 12.8 Å². The van der Waals surface area contributed by atoms with E-state index in [1.165, 1.54) is 13.4 Å². The van der Waals surface area contributed by atoms with Crippen LogP contribution in [0, 0.1) is 17.8 Å². The van der Waals surface area contributed by atoms with Gasteiger partial charge >= 0.3 is 5.97 Å². The summed E-state index contributed by atoms with van der Waals surface area (Å²) in [4.78, 5) is 34.3. The second kappa shape index (κ2) is 6.30. The van der Waals surface area contributed by atoms with Crippen LogP contribution < -0.4 is 10.2 Å². The fraction of sp³-hybridized carbons (Fsp3) is 0.562. The van der Waals surface area contributed by atoms with Crippen LogP contribution in [0.4, 0.5) is 5.82 Å². The number of ether oxygens (including phenoxy) is 1. The van der Waals surface area contributed by atoms with E-state index < -0.39 is 5.97 Å². The molecule has 2 aromatic heterocycles. The third-order valence-corrected chi connectivity index (χ3v) is 5.38. The summed E-state index contributed by atoms with van der Waals surface area (Å²) in [5.74, 6) is 1.15. The van der Waals surface area contributed by atoms with E-state index in [4.69, 9.17) is 0 Å². The Hall–Kier alpha value is -2.71. The lowest BCUT2D eigenvalue weighted by Crippen LogP contribution is -2.55. The number of rotatable bonds is 4. The van der Waals surface area contributed by atoms with E-state index in [1.807, 2.05) is 0 Å². The van der Waals surface area contributed by atoms with E-state index in [1.54, 1.807) is 6.20 Å². The first-order valence-corrected chi connectivity index (χ1v) is 8.41. The summed E-state index contributed by atoms with van der Waals surface area (Å²) >= 11 is 0. The number of nitrogens with zero attached hydrogens (tertiary/aromatic N) is 4. The first kappa shape index (κ1) is 15.8. The molecule has 0 aromatic carbocycles. The van der Waals surface area contributed by atoms with Crippen LogP contribution >= 0.6 is 0 Å². The molecule has 0 bridgehead atoms. The third-order valence-electron chi connectivity index (χ3n) is 5.38. The zero-order valence-electron chi connectivity index (χ0n) is 13.9. The van der Waals surface area contributed by atoms with Crippen LogP contribution in [0.3, 0.4) is 0 Å². The van der Waals surface area contributed by atoms with Gasteiger partial charge in [0, 0.05) is 19.0 Å². The molecule has 2 aliphatic rings. The molecule has 3 heterocycles. The maximum atomic E-state index is 12.3. The van der Waals surface area contributed by atoms with Crippen LogP contribution in [0.25, 0.3) is 11.0 Å². The number of nitrogens with one attached hydrogen (secondary N) is 2. The number of hydrogen-bond donors (Lipinski definition) is 2. The number of fused-ring (bicyclic) bond motifs is 2. The molecule has 3 atom stereocenters. The Morgan fingerprint density at radius 3 is 3.16 bits per heavy atom. The number of H-pyrrole nitrogens is 1. The zero-order valence-corrected chi connectivity index (χ0v) is 13.9. The lowest BCUT2D eigenvalue weighted by atomic mass is 9.61. The number of aromatic nitrogens is 4. The highest BCUT2D eigenvalue weighted by molar-refractivity contribution is 5.87. The van der Waals surface area contributed by atoms with Crippen molar-refractivity contribution < 1.29 is 14.3 Å². The van der Waals surface area contributed by atoms with Crippen molar-refractivity contribution in [3.63, 3.8) is 0 Å². The molecule has 9 heteroatoms. The lowest BCUT2D eigenvalue weighted by molar-refractivity contribution is -0.143. The Bertz CT molecular complexity index is 806. The molecule has 4 rings (SSSR count). The average molecular weight is 344 g/mol. The van der Waals surface area contributed by atoms with Gasteiger partial charge in [0.25, 0.3) is 0 Å². The summed E-state index contributed by atoms with van der Waals surface area (Å²) < 4.78 is 4.56. The van der Waals surface area contributed by atoms with Gasteiger partial charge in [-0.25, -0.2) is 9.97 Å². The van der Waals surface area contributed by atoms with Crippen molar-refractivity contribution >= 4 is 28.7 Å². The van der Waals surface area contributed by atoms with Crippen molar-refractivity contribution in [3.05, 3.63) is 12.5 Å². The van der Waals surface area contributed by atoms with E-state index in [2.05, 4.69) is 35.1 Å². The molecule has 2 N–H and O–H groups in total.